The number of piperidine rings is 1. The Morgan fingerprint density at radius 2 is 2.18 bits per heavy atom. The molecule has 0 unspecified atom stereocenters. The number of nitrogens with one attached hydrogen (secondary N) is 2. The van der Waals surface area contributed by atoms with E-state index in [0.29, 0.717) is 0 Å². The second-order valence-corrected chi connectivity index (χ2v) is 2.75. The molecule has 64 valence electrons. The van der Waals surface area contributed by atoms with Gasteiger partial charge in [-0.1, -0.05) is 0 Å². The first kappa shape index (κ1) is 8.49. The molecule has 0 aliphatic carbocycles. The molecule has 0 aromatic heterocycles. The van der Waals surface area contributed by atoms with Gasteiger partial charge in [0, 0.05) is 6.04 Å². The van der Waals surface area contributed by atoms with Crippen molar-refractivity contribution >= 4 is 5.91 Å². The summed E-state index contributed by atoms with van der Waals surface area (Å²) in [6.07, 6.45) is 1.93. The van der Waals surface area contributed by atoms with Crippen molar-refractivity contribution in [1.82, 2.24) is 10.6 Å². The lowest BCUT2D eigenvalue weighted by molar-refractivity contribution is -0.124. The normalized spacial score (nSPS) is 19.7. The van der Waals surface area contributed by atoms with Crippen molar-refractivity contribution in [3.05, 3.63) is 0 Å². The second-order valence-electron chi connectivity index (χ2n) is 2.75. The van der Waals surface area contributed by atoms with Crippen LogP contribution in [0.1, 0.15) is 12.8 Å². The van der Waals surface area contributed by atoms with E-state index < -0.39 is 6.61 Å². The molecule has 0 radical (unpaired) electrons. The quantitative estimate of drug-likeness (QED) is 0.475. The van der Waals surface area contributed by atoms with Gasteiger partial charge in [-0.05, 0) is 25.9 Å². The lowest BCUT2D eigenvalue weighted by atomic mass is 10.1. The third-order valence-corrected chi connectivity index (χ3v) is 1.85. The summed E-state index contributed by atoms with van der Waals surface area (Å²) >= 11 is 0. The number of hydrogen-bond acceptors (Lipinski definition) is 3. The van der Waals surface area contributed by atoms with Crippen molar-refractivity contribution in [3.63, 3.8) is 0 Å². The Morgan fingerprint density at radius 3 is 2.73 bits per heavy atom. The molecule has 1 aliphatic rings. The summed E-state index contributed by atoms with van der Waals surface area (Å²) < 4.78 is 0. The van der Waals surface area contributed by atoms with Crippen molar-refractivity contribution in [2.24, 2.45) is 0 Å². The highest BCUT2D eigenvalue weighted by molar-refractivity contribution is 5.77. The standard InChI is InChI=1S/C7H14N2O2/c10-5-7(11)9-6-1-3-8-4-2-6/h6,8,10H,1-5H2,(H,9,11). The van der Waals surface area contributed by atoms with Gasteiger partial charge in [-0.25, -0.2) is 0 Å². The Hall–Kier alpha value is -0.610. The molecule has 1 amide bonds. The summed E-state index contributed by atoms with van der Waals surface area (Å²) in [6.45, 7) is 1.51. The van der Waals surface area contributed by atoms with Crippen LogP contribution in [0, 0.1) is 0 Å². The number of aliphatic hydroxyl groups excluding tert-OH is 1. The molecule has 1 fully saturated rings. The summed E-state index contributed by atoms with van der Waals surface area (Å²) in [6, 6.07) is 0.260. The number of carbonyl (C=O) groups is 1. The molecule has 0 saturated carbocycles. The summed E-state index contributed by atoms with van der Waals surface area (Å²) in [5, 5.41) is 14.4. The van der Waals surface area contributed by atoms with Crippen LogP contribution in [0.25, 0.3) is 0 Å². The van der Waals surface area contributed by atoms with Crippen LogP contribution in [0.3, 0.4) is 0 Å². The Balaban J connectivity index is 2.19. The fraction of sp³-hybridized carbons (Fsp3) is 0.857. The number of aliphatic hydroxyl groups is 1. The van der Waals surface area contributed by atoms with Crippen LogP contribution < -0.4 is 10.6 Å². The van der Waals surface area contributed by atoms with E-state index in [9.17, 15) is 4.79 Å². The first-order chi connectivity index (χ1) is 5.33. The number of rotatable bonds is 2. The maximum atomic E-state index is 10.7. The molecular formula is C7H14N2O2. The van der Waals surface area contributed by atoms with Crippen molar-refractivity contribution < 1.29 is 9.90 Å². The molecule has 1 saturated heterocycles. The zero-order chi connectivity index (χ0) is 8.10. The maximum Gasteiger partial charge on any atom is 0.245 e. The third-order valence-electron chi connectivity index (χ3n) is 1.85. The second kappa shape index (κ2) is 4.31. The zero-order valence-corrected chi connectivity index (χ0v) is 6.47. The average Bonchev–Trinajstić information content (AvgIpc) is 2.06. The van der Waals surface area contributed by atoms with Crippen LogP contribution >= 0.6 is 0 Å². The number of hydrogen-bond donors (Lipinski definition) is 3. The van der Waals surface area contributed by atoms with Crippen LogP contribution in [0.5, 0.6) is 0 Å². The van der Waals surface area contributed by atoms with Crippen molar-refractivity contribution in [2.75, 3.05) is 19.7 Å². The zero-order valence-electron chi connectivity index (χ0n) is 6.47. The van der Waals surface area contributed by atoms with Crippen LogP contribution in [0.2, 0.25) is 0 Å². The first-order valence-corrected chi connectivity index (χ1v) is 3.94. The molecule has 11 heavy (non-hydrogen) atoms. The van der Waals surface area contributed by atoms with Crippen LogP contribution in [-0.2, 0) is 4.79 Å². The largest absolute Gasteiger partial charge is 0.387 e. The van der Waals surface area contributed by atoms with Crippen molar-refractivity contribution in [2.45, 2.75) is 18.9 Å². The summed E-state index contributed by atoms with van der Waals surface area (Å²) in [4.78, 5) is 10.7. The highest BCUT2D eigenvalue weighted by atomic mass is 16.3. The van der Waals surface area contributed by atoms with Gasteiger partial charge in [0.15, 0.2) is 0 Å². The molecule has 4 nitrogen and oxygen atoms in total. The Kier molecular flexibility index (Phi) is 3.32. The lowest BCUT2D eigenvalue weighted by Crippen LogP contribution is -2.43. The van der Waals surface area contributed by atoms with E-state index in [1.165, 1.54) is 0 Å². The molecule has 0 bridgehead atoms. The van der Waals surface area contributed by atoms with Gasteiger partial charge in [-0.15, -0.1) is 0 Å². The molecule has 0 aromatic carbocycles. The third kappa shape index (κ3) is 2.86. The summed E-state index contributed by atoms with van der Waals surface area (Å²) in [5.41, 5.74) is 0. The maximum absolute atomic E-state index is 10.7. The molecule has 0 atom stereocenters. The average molecular weight is 158 g/mol. The molecule has 0 spiro atoms. The van der Waals surface area contributed by atoms with E-state index in [-0.39, 0.29) is 11.9 Å². The van der Waals surface area contributed by atoms with E-state index in [2.05, 4.69) is 10.6 Å². The number of amides is 1. The van der Waals surface area contributed by atoms with E-state index in [1.54, 1.807) is 0 Å². The fourth-order valence-electron chi connectivity index (χ4n) is 1.24. The van der Waals surface area contributed by atoms with Crippen LogP contribution in [0.4, 0.5) is 0 Å². The minimum atomic E-state index is -0.399. The van der Waals surface area contributed by atoms with E-state index >= 15 is 0 Å². The molecule has 4 heteroatoms. The van der Waals surface area contributed by atoms with E-state index in [4.69, 9.17) is 5.11 Å². The van der Waals surface area contributed by atoms with Crippen LogP contribution in [0.15, 0.2) is 0 Å². The van der Waals surface area contributed by atoms with E-state index in [0.717, 1.165) is 25.9 Å². The molecule has 0 aromatic rings. The fourth-order valence-corrected chi connectivity index (χ4v) is 1.24. The highest BCUT2D eigenvalue weighted by Crippen LogP contribution is 2.00. The summed E-state index contributed by atoms with van der Waals surface area (Å²) in [5.74, 6) is -0.267. The van der Waals surface area contributed by atoms with Gasteiger partial charge in [0.05, 0.1) is 0 Å². The minimum absolute atomic E-state index is 0.260. The van der Waals surface area contributed by atoms with Crippen molar-refractivity contribution in [1.29, 1.82) is 0 Å². The van der Waals surface area contributed by atoms with Gasteiger partial charge in [-0.3, -0.25) is 4.79 Å². The molecule has 1 rings (SSSR count). The predicted octanol–water partition coefficient (Wildman–Crippen LogP) is -1.15. The molecule has 1 heterocycles. The lowest BCUT2D eigenvalue weighted by Gasteiger charge is -2.23. The first-order valence-electron chi connectivity index (χ1n) is 3.94. The van der Waals surface area contributed by atoms with Gasteiger partial charge in [0.2, 0.25) is 5.91 Å². The van der Waals surface area contributed by atoms with Gasteiger partial charge < -0.3 is 15.7 Å². The van der Waals surface area contributed by atoms with Gasteiger partial charge in [0.25, 0.3) is 0 Å². The van der Waals surface area contributed by atoms with Gasteiger partial charge >= 0.3 is 0 Å². The SMILES string of the molecule is O=C(CO)NC1CCNCC1. The van der Waals surface area contributed by atoms with Gasteiger partial charge in [0.1, 0.15) is 6.61 Å². The Labute approximate surface area is 66.0 Å². The smallest absolute Gasteiger partial charge is 0.245 e. The molecule has 1 aliphatic heterocycles. The summed E-state index contributed by atoms with van der Waals surface area (Å²) in [7, 11) is 0. The molecule has 3 N–H and O–H groups in total. The topological polar surface area (TPSA) is 61.4 Å². The van der Waals surface area contributed by atoms with Crippen LogP contribution in [-0.4, -0.2) is 36.8 Å². The monoisotopic (exact) mass is 158 g/mol. The predicted molar refractivity (Wildman–Crippen MR) is 41.1 cm³/mol. The van der Waals surface area contributed by atoms with E-state index in [1.807, 2.05) is 0 Å². The Morgan fingerprint density at radius 1 is 1.55 bits per heavy atom. The highest BCUT2D eigenvalue weighted by Gasteiger charge is 2.13. The van der Waals surface area contributed by atoms with Crippen molar-refractivity contribution in [3.8, 4) is 0 Å². The Bertz CT molecular complexity index is 132. The van der Waals surface area contributed by atoms with Gasteiger partial charge in [-0.2, -0.15) is 0 Å². The minimum Gasteiger partial charge on any atom is -0.387 e. The number of carbonyl (C=O) groups excluding carboxylic acids is 1. The molecular weight excluding hydrogens is 144 g/mol.